The van der Waals surface area contributed by atoms with E-state index in [0.29, 0.717) is 18.8 Å². The van der Waals surface area contributed by atoms with Crippen molar-refractivity contribution in [1.82, 2.24) is 20.2 Å². The Morgan fingerprint density at radius 2 is 2.38 bits per heavy atom. The summed E-state index contributed by atoms with van der Waals surface area (Å²) in [5, 5.41) is 19.6. The van der Waals surface area contributed by atoms with Crippen molar-refractivity contribution in [2.75, 3.05) is 0 Å². The van der Waals surface area contributed by atoms with Gasteiger partial charge in [0.2, 0.25) is 0 Å². The molecule has 0 bridgehead atoms. The van der Waals surface area contributed by atoms with E-state index >= 15 is 0 Å². The normalized spacial score (nSPS) is 12.8. The number of hydrogen-bond donors (Lipinski definition) is 1. The number of carboxylic acid groups (broad SMARTS) is 1. The van der Waals surface area contributed by atoms with E-state index in [1.54, 1.807) is 11.6 Å². The van der Waals surface area contributed by atoms with Crippen LogP contribution in [0, 0.1) is 5.92 Å². The summed E-state index contributed by atoms with van der Waals surface area (Å²) in [5.74, 6) is -0.653. The van der Waals surface area contributed by atoms with Crippen LogP contribution in [-0.4, -0.2) is 31.3 Å². The Morgan fingerprint density at radius 1 is 1.69 bits per heavy atom. The smallest absolute Gasteiger partial charge is 0.306 e. The highest BCUT2D eigenvalue weighted by Gasteiger charge is 2.15. The molecule has 0 fully saturated rings. The number of aryl methyl sites for hydroxylation is 1. The maximum Gasteiger partial charge on any atom is 0.306 e. The van der Waals surface area contributed by atoms with E-state index in [1.165, 1.54) is 0 Å². The van der Waals surface area contributed by atoms with Crippen LogP contribution in [0.15, 0.2) is 0 Å². The minimum atomic E-state index is -0.828. The van der Waals surface area contributed by atoms with Gasteiger partial charge in [-0.1, -0.05) is 6.92 Å². The summed E-state index contributed by atoms with van der Waals surface area (Å²) in [6, 6.07) is 0. The lowest BCUT2D eigenvalue weighted by Crippen LogP contribution is -2.15. The van der Waals surface area contributed by atoms with Crippen LogP contribution >= 0.6 is 0 Å². The number of aliphatic carboxylic acids is 1. The molecule has 1 aromatic rings. The van der Waals surface area contributed by atoms with Gasteiger partial charge in [0.05, 0.1) is 5.92 Å². The summed E-state index contributed by atoms with van der Waals surface area (Å²) in [5.41, 5.74) is 0. The van der Waals surface area contributed by atoms with Crippen LogP contribution in [0.2, 0.25) is 0 Å². The van der Waals surface area contributed by atoms with Gasteiger partial charge in [-0.3, -0.25) is 4.79 Å². The van der Waals surface area contributed by atoms with Crippen LogP contribution in [-0.2, 0) is 17.8 Å². The molecule has 0 saturated carbocycles. The summed E-state index contributed by atoms with van der Waals surface area (Å²) < 4.78 is 1.60. The van der Waals surface area contributed by atoms with Crippen LogP contribution in [0.1, 0.15) is 19.7 Å². The zero-order valence-electron chi connectivity index (χ0n) is 7.64. The molecule has 0 aliphatic heterocycles. The fourth-order valence-corrected chi connectivity index (χ4v) is 0.976. The second-order valence-corrected chi connectivity index (χ2v) is 2.85. The molecule has 0 aromatic carbocycles. The SMILES string of the molecule is CCn1nnnc1CC(C)C(=O)O. The van der Waals surface area contributed by atoms with E-state index in [-0.39, 0.29) is 0 Å². The monoisotopic (exact) mass is 184 g/mol. The Kier molecular flexibility index (Phi) is 2.94. The standard InChI is InChI=1S/C7H12N4O2/c1-3-11-6(8-9-10-11)4-5(2)7(12)13/h5H,3-4H2,1-2H3,(H,12,13). The number of nitrogens with zero attached hydrogens (tertiary/aromatic N) is 4. The molecule has 13 heavy (non-hydrogen) atoms. The zero-order chi connectivity index (χ0) is 9.84. The highest BCUT2D eigenvalue weighted by Crippen LogP contribution is 2.04. The van der Waals surface area contributed by atoms with Crippen molar-refractivity contribution in [2.24, 2.45) is 5.92 Å². The molecule has 6 nitrogen and oxygen atoms in total. The van der Waals surface area contributed by atoms with Crippen molar-refractivity contribution < 1.29 is 9.90 Å². The fourth-order valence-electron chi connectivity index (χ4n) is 0.976. The summed E-state index contributed by atoms with van der Waals surface area (Å²) in [6.07, 6.45) is 0.371. The first kappa shape index (κ1) is 9.63. The maximum absolute atomic E-state index is 10.5. The molecule has 0 spiro atoms. The van der Waals surface area contributed by atoms with Gasteiger partial charge in [0, 0.05) is 13.0 Å². The number of rotatable bonds is 4. The Hall–Kier alpha value is -1.46. The first-order valence-corrected chi connectivity index (χ1v) is 4.13. The van der Waals surface area contributed by atoms with Gasteiger partial charge >= 0.3 is 5.97 Å². The third-order valence-corrected chi connectivity index (χ3v) is 1.82. The average molecular weight is 184 g/mol. The quantitative estimate of drug-likeness (QED) is 0.709. The van der Waals surface area contributed by atoms with Crippen molar-refractivity contribution in [3.8, 4) is 0 Å². The van der Waals surface area contributed by atoms with Gasteiger partial charge in [0.15, 0.2) is 5.82 Å². The largest absolute Gasteiger partial charge is 0.481 e. The molecule has 0 saturated heterocycles. The lowest BCUT2D eigenvalue weighted by atomic mass is 10.1. The lowest BCUT2D eigenvalue weighted by Gasteiger charge is -2.04. The van der Waals surface area contributed by atoms with Crippen molar-refractivity contribution in [1.29, 1.82) is 0 Å². The summed E-state index contributed by atoms with van der Waals surface area (Å²) in [6.45, 7) is 4.21. The minimum Gasteiger partial charge on any atom is -0.481 e. The third kappa shape index (κ3) is 2.24. The number of carbonyl (C=O) groups is 1. The predicted molar refractivity (Wildman–Crippen MR) is 44.0 cm³/mol. The summed E-state index contributed by atoms with van der Waals surface area (Å²) >= 11 is 0. The molecule has 0 amide bonds. The van der Waals surface area contributed by atoms with Gasteiger partial charge in [0.1, 0.15) is 0 Å². The van der Waals surface area contributed by atoms with Crippen molar-refractivity contribution in [3.05, 3.63) is 5.82 Å². The summed E-state index contributed by atoms with van der Waals surface area (Å²) in [7, 11) is 0. The van der Waals surface area contributed by atoms with Crippen LogP contribution in [0.25, 0.3) is 0 Å². The Bertz CT molecular complexity index is 296. The number of carboxylic acids is 1. The molecular weight excluding hydrogens is 172 g/mol. The van der Waals surface area contributed by atoms with Crippen molar-refractivity contribution >= 4 is 5.97 Å². The molecule has 1 N–H and O–H groups in total. The number of aromatic nitrogens is 4. The van der Waals surface area contributed by atoms with E-state index < -0.39 is 11.9 Å². The van der Waals surface area contributed by atoms with E-state index in [4.69, 9.17) is 5.11 Å². The van der Waals surface area contributed by atoms with Gasteiger partial charge < -0.3 is 5.11 Å². The van der Waals surface area contributed by atoms with Crippen LogP contribution in [0.5, 0.6) is 0 Å². The molecule has 1 heterocycles. The van der Waals surface area contributed by atoms with Gasteiger partial charge in [-0.25, -0.2) is 4.68 Å². The van der Waals surface area contributed by atoms with E-state index in [2.05, 4.69) is 15.5 Å². The maximum atomic E-state index is 10.5. The zero-order valence-corrected chi connectivity index (χ0v) is 7.64. The number of tetrazole rings is 1. The molecular formula is C7H12N4O2. The number of hydrogen-bond acceptors (Lipinski definition) is 4. The third-order valence-electron chi connectivity index (χ3n) is 1.82. The Labute approximate surface area is 75.6 Å². The molecule has 0 aliphatic rings. The molecule has 0 radical (unpaired) electrons. The van der Waals surface area contributed by atoms with Crippen molar-refractivity contribution in [2.45, 2.75) is 26.8 Å². The molecule has 0 aliphatic carbocycles. The molecule has 1 rings (SSSR count). The Balaban J connectivity index is 2.68. The van der Waals surface area contributed by atoms with Gasteiger partial charge in [-0.15, -0.1) is 5.10 Å². The summed E-state index contributed by atoms with van der Waals surface area (Å²) in [4.78, 5) is 10.5. The second kappa shape index (κ2) is 3.97. The van der Waals surface area contributed by atoms with E-state index in [0.717, 1.165) is 0 Å². The van der Waals surface area contributed by atoms with Gasteiger partial charge in [-0.2, -0.15) is 0 Å². The fraction of sp³-hybridized carbons (Fsp3) is 0.714. The van der Waals surface area contributed by atoms with Crippen LogP contribution in [0.3, 0.4) is 0 Å². The second-order valence-electron chi connectivity index (χ2n) is 2.85. The van der Waals surface area contributed by atoms with Crippen LogP contribution in [0.4, 0.5) is 0 Å². The molecule has 1 unspecified atom stereocenters. The van der Waals surface area contributed by atoms with E-state index in [9.17, 15) is 4.79 Å². The van der Waals surface area contributed by atoms with Gasteiger partial charge in [0.25, 0.3) is 0 Å². The molecule has 72 valence electrons. The first-order valence-electron chi connectivity index (χ1n) is 4.13. The minimum absolute atomic E-state index is 0.371. The highest BCUT2D eigenvalue weighted by atomic mass is 16.4. The van der Waals surface area contributed by atoms with Gasteiger partial charge in [-0.05, 0) is 17.4 Å². The average Bonchev–Trinajstić information content (AvgIpc) is 2.51. The molecule has 6 heteroatoms. The van der Waals surface area contributed by atoms with Crippen LogP contribution < -0.4 is 0 Å². The van der Waals surface area contributed by atoms with Crippen molar-refractivity contribution in [3.63, 3.8) is 0 Å². The predicted octanol–water partition coefficient (Wildman–Crippen LogP) is -0.0438. The molecule has 1 aromatic heterocycles. The Morgan fingerprint density at radius 3 is 2.92 bits per heavy atom. The first-order chi connectivity index (χ1) is 6.15. The van der Waals surface area contributed by atoms with E-state index in [1.807, 2.05) is 6.92 Å². The topological polar surface area (TPSA) is 80.9 Å². The lowest BCUT2D eigenvalue weighted by molar-refractivity contribution is -0.141. The molecule has 1 atom stereocenters. The highest BCUT2D eigenvalue weighted by molar-refractivity contribution is 5.69.